The number of carbonyl (C=O) groups is 2. The minimum absolute atomic E-state index is 0.564. The molecule has 0 radical (unpaired) electrons. The summed E-state index contributed by atoms with van der Waals surface area (Å²) < 4.78 is 1.99. The van der Waals surface area contributed by atoms with Gasteiger partial charge in [-0.25, -0.2) is 14.6 Å². The lowest BCUT2D eigenvalue weighted by Crippen LogP contribution is -2.18. The molecule has 3 aromatic rings. The number of benzene rings is 2. The van der Waals surface area contributed by atoms with Crippen LogP contribution in [0.4, 0.5) is 0 Å². The summed E-state index contributed by atoms with van der Waals surface area (Å²) in [5, 5.41) is 21.6. The molecular formula is C21H24N4O5. The molecule has 0 saturated carbocycles. The van der Waals surface area contributed by atoms with E-state index in [0.29, 0.717) is 13.2 Å². The second-order valence-electron chi connectivity index (χ2n) is 6.58. The van der Waals surface area contributed by atoms with Crippen LogP contribution in [-0.4, -0.2) is 69.6 Å². The van der Waals surface area contributed by atoms with E-state index in [1.807, 2.05) is 37.0 Å². The summed E-state index contributed by atoms with van der Waals surface area (Å²) in [7, 11) is 4.03. The molecular weight excluding hydrogens is 388 g/mol. The third-order valence-electron chi connectivity index (χ3n) is 3.96. The summed E-state index contributed by atoms with van der Waals surface area (Å²) in [5.41, 5.74) is 1.95. The van der Waals surface area contributed by atoms with Gasteiger partial charge in [-0.15, -0.1) is 0 Å². The zero-order chi connectivity index (χ0) is 21.9. The molecule has 0 unspecified atom stereocenters. The SMILES string of the molecule is CN(C)CCO/N=C(/Cn1ccnc1)c1ccc2ccccc2c1.O=C(O)C(=O)O. The van der Waals surface area contributed by atoms with Crippen LogP contribution in [0.15, 0.2) is 66.3 Å². The van der Waals surface area contributed by atoms with Crippen LogP contribution in [0, 0.1) is 0 Å². The Bertz CT molecular complexity index is 988. The zero-order valence-electron chi connectivity index (χ0n) is 16.8. The summed E-state index contributed by atoms with van der Waals surface area (Å²) in [5.74, 6) is -3.65. The maximum Gasteiger partial charge on any atom is 0.414 e. The van der Waals surface area contributed by atoms with Gasteiger partial charge < -0.3 is 24.5 Å². The van der Waals surface area contributed by atoms with Crippen molar-refractivity contribution in [2.45, 2.75) is 6.54 Å². The molecule has 9 heteroatoms. The highest BCUT2D eigenvalue weighted by molar-refractivity contribution is 6.27. The van der Waals surface area contributed by atoms with Crippen LogP contribution < -0.4 is 0 Å². The highest BCUT2D eigenvalue weighted by atomic mass is 16.6. The van der Waals surface area contributed by atoms with Crippen LogP contribution in [0.3, 0.4) is 0 Å². The Morgan fingerprint density at radius 1 is 1.10 bits per heavy atom. The minimum Gasteiger partial charge on any atom is -0.473 e. The van der Waals surface area contributed by atoms with Crippen LogP contribution in [0.2, 0.25) is 0 Å². The van der Waals surface area contributed by atoms with Gasteiger partial charge in [-0.3, -0.25) is 0 Å². The Hall–Kier alpha value is -3.72. The van der Waals surface area contributed by atoms with E-state index >= 15 is 0 Å². The number of carboxylic acid groups (broad SMARTS) is 2. The van der Waals surface area contributed by atoms with Crippen molar-refractivity contribution in [2.75, 3.05) is 27.2 Å². The van der Waals surface area contributed by atoms with Gasteiger partial charge in [0.25, 0.3) is 0 Å². The van der Waals surface area contributed by atoms with E-state index in [1.165, 1.54) is 10.8 Å². The van der Waals surface area contributed by atoms with Gasteiger partial charge >= 0.3 is 11.9 Å². The fraction of sp³-hybridized carbons (Fsp3) is 0.238. The third-order valence-corrected chi connectivity index (χ3v) is 3.96. The number of oxime groups is 1. The van der Waals surface area contributed by atoms with Crippen molar-refractivity contribution in [2.24, 2.45) is 5.16 Å². The van der Waals surface area contributed by atoms with Gasteiger partial charge in [-0.05, 0) is 30.9 Å². The molecule has 1 heterocycles. The summed E-state index contributed by atoms with van der Waals surface area (Å²) in [6.07, 6.45) is 5.48. The van der Waals surface area contributed by atoms with Crippen LogP contribution in [-0.2, 0) is 21.0 Å². The van der Waals surface area contributed by atoms with Crippen molar-refractivity contribution in [1.82, 2.24) is 14.5 Å². The third kappa shape index (κ3) is 7.36. The van der Waals surface area contributed by atoms with E-state index in [0.717, 1.165) is 17.8 Å². The van der Waals surface area contributed by atoms with Gasteiger partial charge in [-0.1, -0.05) is 41.6 Å². The molecule has 1 aromatic heterocycles. The first-order chi connectivity index (χ1) is 14.4. The predicted molar refractivity (Wildman–Crippen MR) is 112 cm³/mol. The van der Waals surface area contributed by atoms with Crippen molar-refractivity contribution in [3.05, 3.63) is 66.7 Å². The Morgan fingerprint density at radius 3 is 2.40 bits per heavy atom. The summed E-state index contributed by atoms with van der Waals surface area (Å²) >= 11 is 0. The summed E-state index contributed by atoms with van der Waals surface area (Å²) in [6.45, 7) is 2.02. The van der Waals surface area contributed by atoms with Crippen molar-refractivity contribution >= 4 is 28.4 Å². The Labute approximate surface area is 173 Å². The Morgan fingerprint density at radius 2 is 1.80 bits per heavy atom. The first-order valence-electron chi connectivity index (χ1n) is 9.11. The molecule has 0 bridgehead atoms. The lowest BCUT2D eigenvalue weighted by molar-refractivity contribution is -0.159. The zero-order valence-corrected chi connectivity index (χ0v) is 16.8. The molecule has 0 aliphatic carbocycles. The van der Waals surface area contributed by atoms with Gasteiger partial charge in [0.15, 0.2) is 0 Å². The lowest BCUT2D eigenvalue weighted by Gasteiger charge is -2.11. The van der Waals surface area contributed by atoms with Gasteiger partial charge in [0, 0.05) is 24.5 Å². The fourth-order valence-electron chi connectivity index (χ4n) is 2.44. The molecule has 0 spiro atoms. The number of rotatable bonds is 7. The molecule has 0 aliphatic heterocycles. The standard InChI is InChI=1S/C19H22N4O.C2H2O4/c1-22(2)11-12-24-21-19(14-23-10-9-20-15-23)18-8-7-16-5-3-4-6-17(16)13-18;3-1(4)2(5)6/h3-10,13,15H,11-12,14H2,1-2H3;(H,3,4)(H,5,6)/b21-19-;. The monoisotopic (exact) mass is 412 g/mol. The molecule has 158 valence electrons. The molecule has 9 nitrogen and oxygen atoms in total. The highest BCUT2D eigenvalue weighted by Crippen LogP contribution is 2.17. The van der Waals surface area contributed by atoms with Crippen LogP contribution in [0.25, 0.3) is 10.8 Å². The Balaban J connectivity index is 0.000000469. The van der Waals surface area contributed by atoms with E-state index in [9.17, 15) is 0 Å². The number of aliphatic carboxylic acids is 2. The van der Waals surface area contributed by atoms with Gasteiger partial charge in [-0.2, -0.15) is 0 Å². The van der Waals surface area contributed by atoms with E-state index in [2.05, 4.69) is 45.4 Å². The molecule has 0 amide bonds. The lowest BCUT2D eigenvalue weighted by atomic mass is 10.0. The van der Waals surface area contributed by atoms with E-state index in [-0.39, 0.29) is 0 Å². The predicted octanol–water partition coefficient (Wildman–Crippen LogP) is 2.17. The molecule has 2 N–H and O–H groups in total. The van der Waals surface area contributed by atoms with Crippen LogP contribution >= 0.6 is 0 Å². The highest BCUT2D eigenvalue weighted by Gasteiger charge is 2.07. The van der Waals surface area contributed by atoms with Crippen molar-refractivity contribution in [3.8, 4) is 0 Å². The topological polar surface area (TPSA) is 117 Å². The second kappa shape index (κ2) is 11.3. The summed E-state index contributed by atoms with van der Waals surface area (Å²) in [6, 6.07) is 14.7. The number of aromatic nitrogens is 2. The molecule has 3 rings (SSSR count). The first kappa shape index (κ1) is 22.6. The van der Waals surface area contributed by atoms with Crippen molar-refractivity contribution < 1.29 is 24.6 Å². The second-order valence-corrected chi connectivity index (χ2v) is 6.58. The molecule has 0 aliphatic rings. The molecule has 0 atom stereocenters. The smallest absolute Gasteiger partial charge is 0.414 e. The Kier molecular flexibility index (Phi) is 8.52. The van der Waals surface area contributed by atoms with Crippen LogP contribution in [0.5, 0.6) is 0 Å². The average Bonchev–Trinajstić information content (AvgIpc) is 3.23. The van der Waals surface area contributed by atoms with Gasteiger partial charge in [0.1, 0.15) is 12.3 Å². The molecule has 30 heavy (non-hydrogen) atoms. The van der Waals surface area contributed by atoms with E-state index < -0.39 is 11.9 Å². The number of hydrogen-bond acceptors (Lipinski definition) is 6. The van der Waals surface area contributed by atoms with Gasteiger partial charge in [0.05, 0.1) is 12.9 Å². The fourth-order valence-corrected chi connectivity index (χ4v) is 2.44. The van der Waals surface area contributed by atoms with E-state index in [1.54, 1.807) is 12.5 Å². The van der Waals surface area contributed by atoms with Crippen LogP contribution in [0.1, 0.15) is 5.56 Å². The maximum absolute atomic E-state index is 9.10. The van der Waals surface area contributed by atoms with E-state index in [4.69, 9.17) is 24.6 Å². The summed E-state index contributed by atoms with van der Waals surface area (Å²) in [4.78, 5) is 29.9. The largest absolute Gasteiger partial charge is 0.473 e. The first-order valence-corrected chi connectivity index (χ1v) is 9.11. The number of nitrogens with zero attached hydrogens (tertiary/aromatic N) is 4. The van der Waals surface area contributed by atoms with Crippen molar-refractivity contribution in [1.29, 1.82) is 0 Å². The normalized spacial score (nSPS) is 11.1. The quantitative estimate of drug-likeness (QED) is 0.264. The number of likely N-dealkylation sites (N-methyl/N-ethyl adjacent to an activating group) is 1. The number of carboxylic acids is 2. The number of fused-ring (bicyclic) bond motifs is 1. The number of hydrogen-bond donors (Lipinski definition) is 2. The molecule has 0 fully saturated rings. The van der Waals surface area contributed by atoms with Crippen molar-refractivity contribution in [3.63, 3.8) is 0 Å². The molecule has 2 aromatic carbocycles. The average molecular weight is 412 g/mol. The maximum atomic E-state index is 9.10. The molecule has 0 saturated heterocycles. The minimum atomic E-state index is -1.82. The van der Waals surface area contributed by atoms with Gasteiger partial charge in [0.2, 0.25) is 0 Å². The number of imidazole rings is 1.